The van der Waals surface area contributed by atoms with Crippen molar-refractivity contribution in [2.45, 2.75) is 79.2 Å². The Balaban J connectivity index is 0.000000861. The summed E-state index contributed by atoms with van der Waals surface area (Å²) in [5.74, 6) is 0.795. The van der Waals surface area contributed by atoms with Gasteiger partial charge in [-0.3, -0.25) is 4.79 Å². The van der Waals surface area contributed by atoms with Crippen LogP contribution in [0, 0.1) is 11.3 Å². The molecule has 19 heavy (non-hydrogen) atoms. The van der Waals surface area contributed by atoms with Crippen molar-refractivity contribution in [2.75, 3.05) is 13.1 Å². The maximum absolute atomic E-state index is 11.4. The lowest BCUT2D eigenvalue weighted by Gasteiger charge is -2.46. The van der Waals surface area contributed by atoms with Crippen LogP contribution in [0.4, 0.5) is 0 Å². The predicted molar refractivity (Wildman–Crippen MR) is 82.4 cm³/mol. The summed E-state index contributed by atoms with van der Waals surface area (Å²) < 4.78 is 0. The predicted octanol–water partition coefficient (Wildman–Crippen LogP) is 4.28. The third-order valence-corrected chi connectivity index (χ3v) is 5.21. The van der Waals surface area contributed by atoms with Crippen molar-refractivity contribution in [3.63, 3.8) is 0 Å². The van der Waals surface area contributed by atoms with Crippen molar-refractivity contribution in [1.29, 1.82) is 0 Å². The van der Waals surface area contributed by atoms with E-state index >= 15 is 0 Å². The van der Waals surface area contributed by atoms with E-state index in [9.17, 15) is 4.79 Å². The van der Waals surface area contributed by atoms with Crippen LogP contribution >= 0.6 is 0 Å². The number of hydrogen-bond donors (Lipinski definition) is 0. The van der Waals surface area contributed by atoms with Gasteiger partial charge in [-0.15, -0.1) is 0 Å². The molecule has 0 aromatic rings. The third kappa shape index (κ3) is 4.30. The van der Waals surface area contributed by atoms with E-state index in [1.165, 1.54) is 38.8 Å². The fourth-order valence-corrected chi connectivity index (χ4v) is 3.65. The lowest BCUT2D eigenvalue weighted by Crippen LogP contribution is -2.44. The summed E-state index contributed by atoms with van der Waals surface area (Å²) in [5.41, 5.74) is 0.595. The monoisotopic (exact) mass is 267 g/mol. The van der Waals surface area contributed by atoms with Crippen LogP contribution in [0.3, 0.4) is 0 Å². The summed E-state index contributed by atoms with van der Waals surface area (Å²) in [5, 5.41) is 0. The molecule has 1 saturated carbocycles. The molecule has 0 aromatic heterocycles. The Kier molecular flexibility index (Phi) is 6.52. The highest BCUT2D eigenvalue weighted by Gasteiger charge is 2.39. The van der Waals surface area contributed by atoms with Crippen molar-refractivity contribution >= 4 is 5.78 Å². The standard InChI is InChI=1S/C15H27NO.C2H6/c1-12(2)16-10-8-15(9-11-16)6-4-14(5-7-15)13(3)17;1-2/h12,14H,4-11H2,1-3H3;1-2H3. The van der Waals surface area contributed by atoms with Gasteiger partial charge in [0.15, 0.2) is 0 Å². The molecule has 0 atom stereocenters. The molecule has 0 N–H and O–H groups in total. The first-order chi connectivity index (χ1) is 9.02. The van der Waals surface area contributed by atoms with Crippen molar-refractivity contribution in [2.24, 2.45) is 11.3 Å². The molecular weight excluding hydrogens is 234 g/mol. The van der Waals surface area contributed by atoms with Gasteiger partial charge in [0.05, 0.1) is 0 Å². The summed E-state index contributed by atoms with van der Waals surface area (Å²) in [6.45, 7) is 12.9. The Bertz CT molecular complexity index is 267. The molecule has 1 aliphatic carbocycles. The van der Waals surface area contributed by atoms with Crippen LogP contribution in [0.2, 0.25) is 0 Å². The van der Waals surface area contributed by atoms with E-state index in [2.05, 4.69) is 18.7 Å². The molecule has 2 heteroatoms. The molecule has 1 saturated heterocycles. The molecule has 0 bridgehead atoms. The number of likely N-dealkylation sites (tertiary alicyclic amines) is 1. The highest BCUT2D eigenvalue weighted by Crippen LogP contribution is 2.46. The van der Waals surface area contributed by atoms with Crippen LogP contribution in [0.1, 0.15) is 73.1 Å². The molecule has 0 amide bonds. The molecule has 1 heterocycles. The molecule has 2 fully saturated rings. The van der Waals surface area contributed by atoms with E-state index in [4.69, 9.17) is 0 Å². The molecule has 112 valence electrons. The zero-order valence-corrected chi connectivity index (χ0v) is 13.7. The van der Waals surface area contributed by atoms with Crippen molar-refractivity contribution in [1.82, 2.24) is 4.90 Å². The zero-order chi connectivity index (χ0) is 14.5. The van der Waals surface area contributed by atoms with Gasteiger partial charge in [-0.05, 0) is 77.8 Å². The Morgan fingerprint density at radius 3 is 1.89 bits per heavy atom. The normalized spacial score (nSPS) is 24.1. The fraction of sp³-hybridized carbons (Fsp3) is 0.941. The van der Waals surface area contributed by atoms with Gasteiger partial charge in [0.2, 0.25) is 0 Å². The van der Waals surface area contributed by atoms with E-state index in [1.54, 1.807) is 6.92 Å². The number of hydrogen-bond acceptors (Lipinski definition) is 2. The molecule has 2 aliphatic rings. The second-order valence-corrected chi connectivity index (χ2v) is 6.51. The minimum atomic E-state index is 0.378. The third-order valence-electron chi connectivity index (χ3n) is 5.21. The van der Waals surface area contributed by atoms with Crippen LogP contribution in [0.15, 0.2) is 0 Å². The van der Waals surface area contributed by atoms with Gasteiger partial charge in [0.25, 0.3) is 0 Å². The number of piperidine rings is 1. The van der Waals surface area contributed by atoms with Gasteiger partial charge in [0, 0.05) is 12.0 Å². The first-order valence-electron chi connectivity index (χ1n) is 8.27. The zero-order valence-electron chi connectivity index (χ0n) is 13.7. The van der Waals surface area contributed by atoms with Gasteiger partial charge >= 0.3 is 0 Å². The summed E-state index contributed by atoms with van der Waals surface area (Å²) >= 11 is 0. The topological polar surface area (TPSA) is 20.3 Å². The second kappa shape index (κ2) is 7.42. The minimum Gasteiger partial charge on any atom is -0.301 e. The van der Waals surface area contributed by atoms with Gasteiger partial charge in [0.1, 0.15) is 5.78 Å². The smallest absolute Gasteiger partial charge is 0.132 e. The maximum Gasteiger partial charge on any atom is 0.132 e. The van der Waals surface area contributed by atoms with Crippen LogP contribution in [-0.2, 0) is 4.79 Å². The number of nitrogens with zero attached hydrogens (tertiary/aromatic N) is 1. The van der Waals surface area contributed by atoms with Crippen molar-refractivity contribution in [3.8, 4) is 0 Å². The Hall–Kier alpha value is -0.370. The average Bonchev–Trinajstić information content (AvgIpc) is 2.42. The van der Waals surface area contributed by atoms with E-state index in [1.807, 2.05) is 13.8 Å². The lowest BCUT2D eigenvalue weighted by atomic mass is 9.65. The van der Waals surface area contributed by atoms with Gasteiger partial charge < -0.3 is 4.90 Å². The maximum atomic E-state index is 11.4. The Morgan fingerprint density at radius 1 is 1.05 bits per heavy atom. The molecule has 2 rings (SSSR count). The molecule has 0 radical (unpaired) electrons. The van der Waals surface area contributed by atoms with Crippen LogP contribution in [0.25, 0.3) is 0 Å². The van der Waals surface area contributed by atoms with E-state index in [0.717, 1.165) is 12.8 Å². The van der Waals surface area contributed by atoms with Gasteiger partial charge in [-0.2, -0.15) is 0 Å². The Labute approximate surface area is 119 Å². The number of carbonyl (C=O) groups is 1. The molecule has 1 aliphatic heterocycles. The molecular formula is C17H33NO. The van der Waals surface area contributed by atoms with E-state index in [0.29, 0.717) is 23.2 Å². The first-order valence-corrected chi connectivity index (χ1v) is 8.27. The van der Waals surface area contributed by atoms with Gasteiger partial charge in [-0.25, -0.2) is 0 Å². The second-order valence-electron chi connectivity index (χ2n) is 6.51. The molecule has 0 aromatic carbocycles. The molecule has 1 spiro atoms. The summed E-state index contributed by atoms with van der Waals surface area (Å²) in [7, 11) is 0. The summed E-state index contributed by atoms with van der Waals surface area (Å²) in [6.07, 6.45) is 7.60. The average molecular weight is 267 g/mol. The number of ketones is 1. The van der Waals surface area contributed by atoms with Crippen LogP contribution < -0.4 is 0 Å². The highest BCUT2D eigenvalue weighted by atomic mass is 16.1. The first kappa shape index (κ1) is 16.7. The largest absolute Gasteiger partial charge is 0.301 e. The number of Topliss-reactive ketones (excluding diaryl/α,β-unsaturated/α-hetero) is 1. The summed E-state index contributed by atoms with van der Waals surface area (Å²) in [6, 6.07) is 0.695. The fourth-order valence-electron chi connectivity index (χ4n) is 3.65. The van der Waals surface area contributed by atoms with Crippen molar-refractivity contribution < 1.29 is 4.79 Å². The quantitative estimate of drug-likeness (QED) is 0.744. The lowest BCUT2D eigenvalue weighted by molar-refractivity contribution is -0.122. The van der Waals surface area contributed by atoms with E-state index in [-0.39, 0.29) is 0 Å². The van der Waals surface area contributed by atoms with Crippen LogP contribution in [-0.4, -0.2) is 29.8 Å². The number of carbonyl (C=O) groups excluding carboxylic acids is 1. The number of rotatable bonds is 2. The van der Waals surface area contributed by atoms with E-state index < -0.39 is 0 Å². The molecule has 0 unspecified atom stereocenters. The van der Waals surface area contributed by atoms with Crippen molar-refractivity contribution in [3.05, 3.63) is 0 Å². The SMILES string of the molecule is CC.CC(=O)C1CCC2(CC1)CCN(C(C)C)CC2. The van der Waals surface area contributed by atoms with Crippen LogP contribution in [0.5, 0.6) is 0 Å². The molecule has 2 nitrogen and oxygen atoms in total. The minimum absolute atomic E-state index is 0.378. The summed E-state index contributed by atoms with van der Waals surface area (Å²) in [4.78, 5) is 14.0. The highest BCUT2D eigenvalue weighted by molar-refractivity contribution is 5.78. The van der Waals surface area contributed by atoms with Gasteiger partial charge in [-0.1, -0.05) is 13.8 Å². The Morgan fingerprint density at radius 2 is 1.53 bits per heavy atom.